The molecule has 1 unspecified atom stereocenters. The number of benzene rings is 1. The SMILES string of the molecule is COc1cc(C(O)CN)c(OC)c2c1CCC2. The lowest BCUT2D eigenvalue weighted by Gasteiger charge is -2.19. The zero-order valence-electron chi connectivity index (χ0n) is 10.3. The summed E-state index contributed by atoms with van der Waals surface area (Å²) in [6.07, 6.45) is 2.38. The highest BCUT2D eigenvalue weighted by atomic mass is 16.5. The molecule has 1 atom stereocenters. The molecule has 1 aliphatic rings. The van der Waals surface area contributed by atoms with Crippen molar-refractivity contribution in [1.29, 1.82) is 0 Å². The number of methoxy groups -OCH3 is 2. The highest BCUT2D eigenvalue weighted by Crippen LogP contribution is 2.41. The maximum Gasteiger partial charge on any atom is 0.128 e. The van der Waals surface area contributed by atoms with Crippen molar-refractivity contribution in [1.82, 2.24) is 0 Å². The number of hydrogen-bond donors (Lipinski definition) is 2. The molecule has 3 N–H and O–H groups in total. The van der Waals surface area contributed by atoms with E-state index in [2.05, 4.69) is 0 Å². The fourth-order valence-corrected chi connectivity index (χ4v) is 2.53. The average Bonchev–Trinajstić information content (AvgIpc) is 2.84. The molecule has 0 spiro atoms. The molecule has 94 valence electrons. The number of ether oxygens (including phenoxy) is 2. The Morgan fingerprint density at radius 3 is 2.59 bits per heavy atom. The van der Waals surface area contributed by atoms with E-state index in [-0.39, 0.29) is 6.54 Å². The second-order valence-electron chi connectivity index (χ2n) is 4.26. The normalized spacial score (nSPS) is 15.5. The Morgan fingerprint density at radius 1 is 1.29 bits per heavy atom. The quantitative estimate of drug-likeness (QED) is 0.825. The van der Waals surface area contributed by atoms with Gasteiger partial charge in [0.2, 0.25) is 0 Å². The van der Waals surface area contributed by atoms with Gasteiger partial charge in [-0.05, 0) is 25.3 Å². The summed E-state index contributed by atoms with van der Waals surface area (Å²) in [5.74, 6) is 1.61. The Morgan fingerprint density at radius 2 is 2.00 bits per heavy atom. The van der Waals surface area contributed by atoms with Crippen LogP contribution in [0, 0.1) is 0 Å². The van der Waals surface area contributed by atoms with Crippen LogP contribution in [-0.2, 0) is 12.8 Å². The highest BCUT2D eigenvalue weighted by Gasteiger charge is 2.25. The number of aliphatic hydroxyl groups excluding tert-OH is 1. The first-order chi connectivity index (χ1) is 8.22. The number of fused-ring (bicyclic) bond motifs is 1. The van der Waals surface area contributed by atoms with Gasteiger partial charge in [0.05, 0.1) is 20.3 Å². The van der Waals surface area contributed by atoms with Crippen molar-refractivity contribution in [2.45, 2.75) is 25.4 Å². The lowest BCUT2D eigenvalue weighted by Crippen LogP contribution is -2.14. The third-order valence-electron chi connectivity index (χ3n) is 3.34. The van der Waals surface area contributed by atoms with Crippen molar-refractivity contribution < 1.29 is 14.6 Å². The van der Waals surface area contributed by atoms with Gasteiger partial charge in [0.1, 0.15) is 11.5 Å². The molecule has 1 aromatic carbocycles. The fourth-order valence-electron chi connectivity index (χ4n) is 2.53. The van der Waals surface area contributed by atoms with Gasteiger partial charge in [-0.2, -0.15) is 0 Å². The molecule has 0 heterocycles. The summed E-state index contributed by atoms with van der Waals surface area (Å²) in [6, 6.07) is 1.85. The monoisotopic (exact) mass is 237 g/mol. The summed E-state index contributed by atoms with van der Waals surface area (Å²) in [6.45, 7) is 0.179. The van der Waals surface area contributed by atoms with Crippen LogP contribution in [0.5, 0.6) is 11.5 Å². The molecule has 0 fully saturated rings. The lowest BCUT2D eigenvalue weighted by molar-refractivity contribution is 0.181. The Labute approximate surface area is 101 Å². The Bertz CT molecular complexity index is 418. The molecule has 0 radical (unpaired) electrons. The van der Waals surface area contributed by atoms with E-state index in [1.807, 2.05) is 6.07 Å². The van der Waals surface area contributed by atoms with Gasteiger partial charge >= 0.3 is 0 Å². The molecular weight excluding hydrogens is 218 g/mol. The molecule has 2 rings (SSSR count). The van der Waals surface area contributed by atoms with E-state index in [9.17, 15) is 5.11 Å². The van der Waals surface area contributed by atoms with Crippen LogP contribution >= 0.6 is 0 Å². The first-order valence-electron chi connectivity index (χ1n) is 5.87. The van der Waals surface area contributed by atoms with Gasteiger partial charge in [0.25, 0.3) is 0 Å². The minimum atomic E-state index is -0.704. The maximum atomic E-state index is 9.93. The van der Waals surface area contributed by atoms with Crippen LogP contribution in [0.2, 0.25) is 0 Å². The average molecular weight is 237 g/mol. The van der Waals surface area contributed by atoms with Gasteiger partial charge in [0, 0.05) is 23.2 Å². The van der Waals surface area contributed by atoms with E-state index in [0.717, 1.165) is 41.9 Å². The van der Waals surface area contributed by atoms with E-state index >= 15 is 0 Å². The van der Waals surface area contributed by atoms with Gasteiger partial charge in [-0.1, -0.05) is 0 Å². The standard InChI is InChI=1S/C13H19NO3/c1-16-12-6-10(11(15)7-14)13(17-2)9-5-3-4-8(9)12/h6,11,15H,3-5,7,14H2,1-2H3. The summed E-state index contributed by atoms with van der Waals surface area (Å²) in [4.78, 5) is 0. The molecule has 0 aliphatic heterocycles. The predicted molar refractivity (Wildman–Crippen MR) is 65.6 cm³/mol. The van der Waals surface area contributed by atoms with E-state index in [1.165, 1.54) is 5.56 Å². The molecule has 4 nitrogen and oxygen atoms in total. The second kappa shape index (κ2) is 4.94. The minimum Gasteiger partial charge on any atom is -0.496 e. The summed E-state index contributed by atoms with van der Waals surface area (Å²) >= 11 is 0. The number of nitrogens with two attached hydrogens (primary N) is 1. The van der Waals surface area contributed by atoms with Gasteiger partial charge in [0.15, 0.2) is 0 Å². The van der Waals surface area contributed by atoms with E-state index < -0.39 is 6.10 Å². The molecule has 1 aliphatic carbocycles. The summed E-state index contributed by atoms with van der Waals surface area (Å²) in [5, 5.41) is 9.93. The van der Waals surface area contributed by atoms with E-state index in [4.69, 9.17) is 15.2 Å². The molecule has 0 aromatic heterocycles. The zero-order chi connectivity index (χ0) is 12.4. The molecule has 1 aromatic rings. The second-order valence-corrected chi connectivity index (χ2v) is 4.26. The van der Waals surface area contributed by atoms with Crippen LogP contribution in [0.4, 0.5) is 0 Å². The zero-order valence-corrected chi connectivity index (χ0v) is 10.3. The summed E-state index contributed by atoms with van der Waals surface area (Å²) in [7, 11) is 3.28. The maximum absolute atomic E-state index is 9.93. The molecule has 0 amide bonds. The Hall–Kier alpha value is -1.26. The Balaban J connectivity index is 2.59. The predicted octanol–water partition coefficient (Wildman–Crippen LogP) is 1.18. The van der Waals surface area contributed by atoms with Crippen molar-refractivity contribution >= 4 is 0 Å². The number of aliphatic hydroxyl groups is 1. The smallest absolute Gasteiger partial charge is 0.128 e. The molecule has 0 bridgehead atoms. The van der Waals surface area contributed by atoms with Crippen LogP contribution < -0.4 is 15.2 Å². The first kappa shape index (κ1) is 12.2. The molecule has 17 heavy (non-hydrogen) atoms. The first-order valence-corrected chi connectivity index (χ1v) is 5.87. The third kappa shape index (κ3) is 1.98. The largest absolute Gasteiger partial charge is 0.496 e. The lowest BCUT2D eigenvalue weighted by atomic mass is 9.99. The van der Waals surface area contributed by atoms with Crippen LogP contribution in [-0.4, -0.2) is 25.9 Å². The third-order valence-corrected chi connectivity index (χ3v) is 3.34. The van der Waals surface area contributed by atoms with Crippen LogP contribution in [0.3, 0.4) is 0 Å². The molecular formula is C13H19NO3. The van der Waals surface area contributed by atoms with Crippen molar-refractivity contribution in [2.75, 3.05) is 20.8 Å². The number of rotatable bonds is 4. The van der Waals surface area contributed by atoms with E-state index in [0.29, 0.717) is 0 Å². The van der Waals surface area contributed by atoms with Crippen LogP contribution in [0.15, 0.2) is 6.07 Å². The summed E-state index contributed by atoms with van der Waals surface area (Å²) < 4.78 is 10.8. The van der Waals surface area contributed by atoms with Gasteiger partial charge in [-0.25, -0.2) is 0 Å². The van der Waals surface area contributed by atoms with Gasteiger partial charge in [-0.15, -0.1) is 0 Å². The van der Waals surface area contributed by atoms with Gasteiger partial charge in [-0.3, -0.25) is 0 Å². The van der Waals surface area contributed by atoms with Crippen molar-refractivity contribution in [3.63, 3.8) is 0 Å². The van der Waals surface area contributed by atoms with Crippen molar-refractivity contribution in [3.8, 4) is 11.5 Å². The highest BCUT2D eigenvalue weighted by molar-refractivity contribution is 5.56. The fraction of sp³-hybridized carbons (Fsp3) is 0.538. The molecule has 0 saturated heterocycles. The molecule has 0 saturated carbocycles. The van der Waals surface area contributed by atoms with Crippen molar-refractivity contribution in [3.05, 3.63) is 22.8 Å². The van der Waals surface area contributed by atoms with Crippen molar-refractivity contribution in [2.24, 2.45) is 5.73 Å². The van der Waals surface area contributed by atoms with Crippen LogP contribution in [0.25, 0.3) is 0 Å². The summed E-state index contributed by atoms with van der Waals surface area (Å²) in [5.41, 5.74) is 8.61. The van der Waals surface area contributed by atoms with E-state index in [1.54, 1.807) is 14.2 Å². The molecule has 4 heteroatoms. The number of hydrogen-bond acceptors (Lipinski definition) is 4. The Kier molecular flexibility index (Phi) is 3.54. The topological polar surface area (TPSA) is 64.7 Å². The minimum absolute atomic E-state index is 0.179. The van der Waals surface area contributed by atoms with Crippen LogP contribution in [0.1, 0.15) is 29.2 Å². The van der Waals surface area contributed by atoms with Gasteiger partial charge < -0.3 is 20.3 Å².